The van der Waals surface area contributed by atoms with E-state index in [4.69, 9.17) is 16.0 Å². The fourth-order valence-corrected chi connectivity index (χ4v) is 3.85. The number of benzene rings is 2. The zero-order chi connectivity index (χ0) is 24.4. The molecule has 1 aliphatic heterocycles. The van der Waals surface area contributed by atoms with Gasteiger partial charge in [0.25, 0.3) is 17.5 Å². The van der Waals surface area contributed by atoms with Gasteiger partial charge in [0.15, 0.2) is 0 Å². The summed E-state index contributed by atoms with van der Waals surface area (Å²) in [5, 5.41) is 19.7. The minimum Gasteiger partial charge on any atom is -0.419 e. The summed E-state index contributed by atoms with van der Waals surface area (Å²) in [4.78, 5) is 51.1. The van der Waals surface area contributed by atoms with E-state index in [-0.39, 0.29) is 29.5 Å². The normalized spacial score (nSPS) is 12.7. The molecule has 0 saturated carbocycles. The van der Waals surface area contributed by atoms with E-state index in [0.717, 1.165) is 6.07 Å². The molecule has 12 heteroatoms. The zero-order valence-electron chi connectivity index (χ0n) is 17.9. The second-order valence-electron chi connectivity index (χ2n) is 7.45. The summed E-state index contributed by atoms with van der Waals surface area (Å²) in [7, 11) is 0. The van der Waals surface area contributed by atoms with Gasteiger partial charge in [-0.1, -0.05) is 36.7 Å². The summed E-state index contributed by atoms with van der Waals surface area (Å²) in [6, 6.07) is 10.7. The van der Waals surface area contributed by atoms with Gasteiger partial charge in [-0.05, 0) is 24.6 Å². The van der Waals surface area contributed by atoms with Crippen LogP contribution in [0.3, 0.4) is 0 Å². The number of halogens is 1. The van der Waals surface area contributed by atoms with Gasteiger partial charge in [-0.25, -0.2) is 0 Å². The largest absolute Gasteiger partial charge is 0.419 e. The fourth-order valence-electron chi connectivity index (χ4n) is 3.63. The Morgan fingerprint density at radius 1 is 1.12 bits per heavy atom. The lowest BCUT2D eigenvalue weighted by atomic mass is 10.1. The molecule has 174 valence electrons. The van der Waals surface area contributed by atoms with E-state index in [2.05, 4.69) is 10.2 Å². The summed E-state index contributed by atoms with van der Waals surface area (Å²) >= 11 is 6.16. The predicted octanol–water partition coefficient (Wildman–Crippen LogP) is 3.33. The number of imide groups is 1. The van der Waals surface area contributed by atoms with Gasteiger partial charge in [0.1, 0.15) is 12.1 Å². The van der Waals surface area contributed by atoms with Crippen LogP contribution in [-0.2, 0) is 11.3 Å². The lowest BCUT2D eigenvalue weighted by Gasteiger charge is -2.23. The Labute approximate surface area is 198 Å². The standard InChI is InChI=1S/C22H18ClN5O6/c1-2-10-26(11-17-24-25-20(34-17)13-6-3-4-8-15(13)23)18(29)12-27-21(30)14-7-5-9-16(28(32)33)19(14)22(27)31/h3-9H,2,10-12H2,1H3. The quantitative estimate of drug-likeness (QED) is 0.270. The number of nitro benzene ring substituents is 1. The Hall–Kier alpha value is -4.12. The van der Waals surface area contributed by atoms with Crippen molar-refractivity contribution in [3.63, 3.8) is 0 Å². The third-order valence-corrected chi connectivity index (χ3v) is 5.54. The second-order valence-corrected chi connectivity index (χ2v) is 7.86. The Bertz CT molecular complexity index is 1310. The molecule has 3 amide bonds. The van der Waals surface area contributed by atoms with Crippen LogP contribution in [0.5, 0.6) is 0 Å². The Morgan fingerprint density at radius 3 is 2.56 bits per heavy atom. The first-order chi connectivity index (χ1) is 16.3. The van der Waals surface area contributed by atoms with Gasteiger partial charge >= 0.3 is 0 Å². The minimum absolute atomic E-state index is 0.0482. The van der Waals surface area contributed by atoms with Crippen molar-refractivity contribution in [2.24, 2.45) is 0 Å². The molecule has 11 nitrogen and oxygen atoms in total. The van der Waals surface area contributed by atoms with Crippen LogP contribution in [-0.4, -0.2) is 55.7 Å². The Balaban J connectivity index is 1.52. The number of fused-ring (bicyclic) bond motifs is 1. The number of nitro groups is 1. The Morgan fingerprint density at radius 2 is 1.85 bits per heavy atom. The van der Waals surface area contributed by atoms with Gasteiger partial charge in [-0.2, -0.15) is 0 Å². The molecule has 0 atom stereocenters. The molecule has 0 spiro atoms. The molecular formula is C22H18ClN5O6. The van der Waals surface area contributed by atoms with Gasteiger partial charge in [0.2, 0.25) is 17.7 Å². The number of amides is 3. The number of nitrogens with zero attached hydrogens (tertiary/aromatic N) is 5. The third kappa shape index (κ3) is 4.25. The number of carbonyl (C=O) groups is 3. The molecule has 1 aromatic heterocycles. The van der Waals surface area contributed by atoms with Crippen molar-refractivity contribution in [1.82, 2.24) is 20.0 Å². The highest BCUT2D eigenvalue weighted by Gasteiger charge is 2.42. The highest BCUT2D eigenvalue weighted by molar-refractivity contribution is 6.33. The van der Waals surface area contributed by atoms with Crippen LogP contribution in [0.15, 0.2) is 46.9 Å². The molecular weight excluding hydrogens is 466 g/mol. The molecule has 0 fully saturated rings. The molecule has 2 heterocycles. The van der Waals surface area contributed by atoms with Crippen molar-refractivity contribution in [2.75, 3.05) is 13.1 Å². The molecule has 4 rings (SSSR count). The molecule has 34 heavy (non-hydrogen) atoms. The minimum atomic E-state index is -0.879. The van der Waals surface area contributed by atoms with Crippen LogP contribution in [0.1, 0.15) is 40.0 Å². The maximum absolute atomic E-state index is 13.0. The number of hydrogen-bond donors (Lipinski definition) is 0. The average Bonchev–Trinajstić information content (AvgIpc) is 3.37. The van der Waals surface area contributed by atoms with E-state index in [1.165, 1.54) is 17.0 Å². The maximum atomic E-state index is 13.0. The smallest absolute Gasteiger partial charge is 0.282 e. The van der Waals surface area contributed by atoms with E-state index >= 15 is 0 Å². The van der Waals surface area contributed by atoms with Gasteiger partial charge < -0.3 is 9.32 Å². The molecule has 3 aromatic rings. The van der Waals surface area contributed by atoms with Crippen molar-refractivity contribution in [1.29, 1.82) is 0 Å². The van der Waals surface area contributed by atoms with Crippen molar-refractivity contribution >= 4 is 35.0 Å². The van der Waals surface area contributed by atoms with Crippen molar-refractivity contribution in [3.05, 3.63) is 74.6 Å². The molecule has 2 aromatic carbocycles. The van der Waals surface area contributed by atoms with Crippen LogP contribution >= 0.6 is 11.6 Å². The number of rotatable bonds is 8. The first-order valence-corrected chi connectivity index (χ1v) is 10.7. The van der Waals surface area contributed by atoms with Crippen molar-refractivity contribution < 1.29 is 23.7 Å². The highest BCUT2D eigenvalue weighted by Crippen LogP contribution is 2.31. The molecule has 0 bridgehead atoms. The SMILES string of the molecule is CCCN(Cc1nnc(-c2ccccc2Cl)o1)C(=O)CN1C(=O)c2cccc([N+](=O)[O-])c2C1=O. The number of aromatic nitrogens is 2. The molecule has 0 N–H and O–H groups in total. The molecule has 0 aliphatic carbocycles. The first kappa shape index (κ1) is 23.1. The van der Waals surface area contributed by atoms with Crippen molar-refractivity contribution in [2.45, 2.75) is 19.9 Å². The van der Waals surface area contributed by atoms with Crippen LogP contribution in [0.25, 0.3) is 11.5 Å². The van der Waals surface area contributed by atoms with E-state index in [0.29, 0.717) is 28.5 Å². The van der Waals surface area contributed by atoms with E-state index in [1.54, 1.807) is 24.3 Å². The second kappa shape index (κ2) is 9.40. The zero-order valence-corrected chi connectivity index (χ0v) is 18.7. The lowest BCUT2D eigenvalue weighted by molar-refractivity contribution is -0.385. The lowest BCUT2D eigenvalue weighted by Crippen LogP contribution is -2.42. The Kier molecular flexibility index (Phi) is 6.37. The summed E-state index contributed by atoms with van der Waals surface area (Å²) in [5.41, 5.74) is -0.345. The van der Waals surface area contributed by atoms with Crippen LogP contribution < -0.4 is 0 Å². The molecule has 0 radical (unpaired) electrons. The van der Waals surface area contributed by atoms with Crippen LogP contribution in [0.2, 0.25) is 5.02 Å². The highest BCUT2D eigenvalue weighted by atomic mass is 35.5. The van der Waals surface area contributed by atoms with Crippen LogP contribution in [0.4, 0.5) is 5.69 Å². The maximum Gasteiger partial charge on any atom is 0.282 e. The van der Waals surface area contributed by atoms with Crippen LogP contribution in [0, 0.1) is 10.1 Å². The molecule has 1 aliphatic rings. The van der Waals surface area contributed by atoms with Gasteiger partial charge in [-0.3, -0.25) is 29.4 Å². The summed E-state index contributed by atoms with van der Waals surface area (Å²) < 4.78 is 5.66. The first-order valence-electron chi connectivity index (χ1n) is 10.3. The van der Waals surface area contributed by atoms with Gasteiger partial charge in [-0.15, -0.1) is 10.2 Å². The fraction of sp³-hybridized carbons (Fsp3) is 0.227. The third-order valence-electron chi connectivity index (χ3n) is 5.21. The van der Waals surface area contributed by atoms with Gasteiger partial charge in [0, 0.05) is 12.6 Å². The topological polar surface area (TPSA) is 140 Å². The molecule has 0 saturated heterocycles. The van der Waals surface area contributed by atoms with Gasteiger partial charge in [0.05, 0.1) is 27.6 Å². The van der Waals surface area contributed by atoms with Crippen molar-refractivity contribution in [3.8, 4) is 11.5 Å². The number of carbonyl (C=O) groups excluding carboxylic acids is 3. The van der Waals surface area contributed by atoms with E-state index < -0.39 is 34.9 Å². The van der Waals surface area contributed by atoms with E-state index in [1.807, 2.05) is 6.92 Å². The summed E-state index contributed by atoms with van der Waals surface area (Å²) in [5.74, 6) is -1.84. The number of hydrogen-bond acceptors (Lipinski definition) is 8. The molecule has 0 unspecified atom stereocenters. The average molecular weight is 484 g/mol. The van der Waals surface area contributed by atoms with E-state index in [9.17, 15) is 24.5 Å². The predicted molar refractivity (Wildman–Crippen MR) is 119 cm³/mol. The monoisotopic (exact) mass is 483 g/mol. The summed E-state index contributed by atoms with van der Waals surface area (Å²) in [6.07, 6.45) is 0.588. The summed E-state index contributed by atoms with van der Waals surface area (Å²) in [6.45, 7) is 1.53.